The Morgan fingerprint density at radius 1 is 1.32 bits per heavy atom. The Morgan fingerprint density at radius 2 is 2.16 bits per heavy atom. The van der Waals surface area contributed by atoms with E-state index in [1.165, 1.54) is 16.8 Å². The third-order valence-electron chi connectivity index (χ3n) is 5.40. The van der Waals surface area contributed by atoms with Gasteiger partial charge in [-0.2, -0.15) is 0 Å². The summed E-state index contributed by atoms with van der Waals surface area (Å²) in [6.45, 7) is 2.02. The van der Waals surface area contributed by atoms with Gasteiger partial charge in [0.1, 0.15) is 0 Å². The van der Waals surface area contributed by atoms with Crippen LogP contribution in [0.5, 0.6) is 0 Å². The average Bonchev–Trinajstić information content (AvgIpc) is 3.06. The highest BCUT2D eigenvalue weighted by molar-refractivity contribution is 5.84. The SMILES string of the molecule is O=C(CCn1ccc(=O)[nH]c1=O)N1CC[C@@]23OCCCN2C(=O)C[C@@H]13. The fourth-order valence-corrected chi connectivity index (χ4v) is 4.23. The molecule has 134 valence electrons. The number of nitrogens with one attached hydrogen (secondary N) is 1. The van der Waals surface area contributed by atoms with Crippen LogP contribution in [0.3, 0.4) is 0 Å². The molecular formula is C16H20N4O5. The number of ether oxygens (including phenoxy) is 1. The average molecular weight is 348 g/mol. The van der Waals surface area contributed by atoms with Gasteiger partial charge >= 0.3 is 5.69 Å². The van der Waals surface area contributed by atoms with Gasteiger partial charge in [-0.05, 0) is 6.42 Å². The number of rotatable bonds is 3. The normalized spacial score (nSPS) is 28.2. The summed E-state index contributed by atoms with van der Waals surface area (Å²) in [6, 6.07) is 1.00. The molecule has 4 rings (SSSR count). The second-order valence-corrected chi connectivity index (χ2v) is 6.70. The largest absolute Gasteiger partial charge is 0.353 e. The van der Waals surface area contributed by atoms with Crippen LogP contribution in [0.2, 0.25) is 0 Å². The molecule has 1 spiro atoms. The van der Waals surface area contributed by atoms with Gasteiger partial charge in [0.25, 0.3) is 5.56 Å². The fourth-order valence-electron chi connectivity index (χ4n) is 4.23. The van der Waals surface area contributed by atoms with Crippen molar-refractivity contribution in [2.45, 2.75) is 44.0 Å². The number of aromatic amines is 1. The van der Waals surface area contributed by atoms with Crippen LogP contribution in [0.4, 0.5) is 0 Å². The van der Waals surface area contributed by atoms with E-state index < -0.39 is 17.0 Å². The molecule has 1 aromatic heterocycles. The lowest BCUT2D eigenvalue weighted by atomic mass is 10.0. The molecule has 0 aromatic carbocycles. The number of carbonyl (C=O) groups excluding carboxylic acids is 2. The van der Waals surface area contributed by atoms with E-state index in [-0.39, 0.29) is 30.8 Å². The van der Waals surface area contributed by atoms with Crippen molar-refractivity contribution in [1.29, 1.82) is 0 Å². The zero-order valence-electron chi connectivity index (χ0n) is 13.8. The number of hydrogen-bond donors (Lipinski definition) is 1. The van der Waals surface area contributed by atoms with Crippen LogP contribution < -0.4 is 11.2 Å². The van der Waals surface area contributed by atoms with Gasteiger partial charge in [-0.15, -0.1) is 0 Å². The van der Waals surface area contributed by atoms with E-state index in [1.807, 2.05) is 0 Å². The zero-order valence-corrected chi connectivity index (χ0v) is 13.8. The van der Waals surface area contributed by atoms with Crippen molar-refractivity contribution in [3.63, 3.8) is 0 Å². The monoisotopic (exact) mass is 348 g/mol. The molecule has 2 amide bonds. The Kier molecular flexibility index (Phi) is 3.75. The third-order valence-corrected chi connectivity index (χ3v) is 5.40. The van der Waals surface area contributed by atoms with E-state index in [2.05, 4.69) is 4.98 Å². The molecule has 2 atom stereocenters. The van der Waals surface area contributed by atoms with E-state index in [0.717, 1.165) is 6.42 Å². The number of hydrogen-bond acceptors (Lipinski definition) is 5. The molecule has 9 nitrogen and oxygen atoms in total. The molecule has 0 unspecified atom stereocenters. The maximum Gasteiger partial charge on any atom is 0.328 e. The molecule has 0 radical (unpaired) electrons. The molecule has 3 aliphatic heterocycles. The molecule has 3 fully saturated rings. The summed E-state index contributed by atoms with van der Waals surface area (Å²) in [5.74, 6) is -0.0668. The smallest absolute Gasteiger partial charge is 0.328 e. The quantitative estimate of drug-likeness (QED) is 0.745. The lowest BCUT2D eigenvalue weighted by Gasteiger charge is -2.42. The highest BCUT2D eigenvalue weighted by Gasteiger charge is 2.61. The molecule has 3 saturated heterocycles. The molecular weight excluding hydrogens is 328 g/mol. The van der Waals surface area contributed by atoms with Crippen LogP contribution in [0.25, 0.3) is 0 Å². The van der Waals surface area contributed by atoms with Gasteiger partial charge < -0.3 is 19.1 Å². The van der Waals surface area contributed by atoms with E-state index in [4.69, 9.17) is 4.74 Å². The minimum Gasteiger partial charge on any atom is -0.353 e. The molecule has 0 saturated carbocycles. The Balaban J connectivity index is 1.47. The summed E-state index contributed by atoms with van der Waals surface area (Å²) in [7, 11) is 0. The minimum atomic E-state index is -0.653. The highest BCUT2D eigenvalue weighted by Crippen LogP contribution is 2.44. The highest BCUT2D eigenvalue weighted by atomic mass is 16.5. The summed E-state index contributed by atoms with van der Waals surface area (Å²) in [5, 5.41) is 0. The summed E-state index contributed by atoms with van der Waals surface area (Å²) in [4.78, 5) is 53.4. The summed E-state index contributed by atoms with van der Waals surface area (Å²) >= 11 is 0. The van der Waals surface area contributed by atoms with Crippen LogP contribution in [0.1, 0.15) is 25.7 Å². The standard InChI is InChI=1S/C16H20N4O5/c21-12-2-6-18(15(24)17-12)7-3-13(22)19-8-4-16-11(19)10-14(23)20(16)5-1-9-25-16/h2,6,11H,1,3-5,7-10H2,(H,17,21,24)/t11-,16+/m1/s1. The van der Waals surface area contributed by atoms with E-state index in [9.17, 15) is 19.2 Å². The first-order chi connectivity index (χ1) is 12.0. The van der Waals surface area contributed by atoms with E-state index in [0.29, 0.717) is 32.5 Å². The first kappa shape index (κ1) is 16.1. The lowest BCUT2D eigenvalue weighted by molar-refractivity contribution is -0.181. The Hall–Kier alpha value is -2.42. The number of nitrogens with zero attached hydrogens (tertiary/aromatic N) is 3. The number of carbonyl (C=O) groups is 2. The number of aromatic nitrogens is 2. The van der Waals surface area contributed by atoms with Crippen molar-refractivity contribution in [2.75, 3.05) is 19.7 Å². The minimum absolute atomic E-state index is 0.0408. The molecule has 1 N–H and O–H groups in total. The lowest BCUT2D eigenvalue weighted by Crippen LogP contribution is -2.56. The van der Waals surface area contributed by atoms with Crippen molar-refractivity contribution >= 4 is 11.8 Å². The van der Waals surface area contributed by atoms with Gasteiger partial charge in [0, 0.05) is 44.7 Å². The van der Waals surface area contributed by atoms with Crippen LogP contribution in [-0.4, -0.2) is 62.6 Å². The van der Waals surface area contributed by atoms with Gasteiger partial charge in [0.2, 0.25) is 11.8 Å². The first-order valence-electron chi connectivity index (χ1n) is 8.55. The van der Waals surface area contributed by atoms with Crippen LogP contribution in [0, 0.1) is 0 Å². The Morgan fingerprint density at radius 3 is 2.96 bits per heavy atom. The van der Waals surface area contributed by atoms with Gasteiger partial charge in [-0.1, -0.05) is 0 Å². The molecule has 0 aliphatic carbocycles. The zero-order chi connectivity index (χ0) is 17.6. The predicted molar refractivity (Wildman–Crippen MR) is 85.7 cm³/mol. The van der Waals surface area contributed by atoms with Crippen LogP contribution in [0.15, 0.2) is 21.9 Å². The predicted octanol–water partition coefficient (Wildman–Crippen LogP) is -1.12. The number of amides is 2. The second-order valence-electron chi connectivity index (χ2n) is 6.70. The van der Waals surface area contributed by atoms with Crippen molar-refractivity contribution in [3.05, 3.63) is 33.1 Å². The summed E-state index contributed by atoms with van der Waals surface area (Å²) < 4.78 is 7.28. The second kappa shape index (κ2) is 5.83. The molecule has 1 aromatic rings. The van der Waals surface area contributed by atoms with Crippen molar-refractivity contribution in [2.24, 2.45) is 0 Å². The van der Waals surface area contributed by atoms with Crippen molar-refractivity contribution in [3.8, 4) is 0 Å². The number of aryl methyl sites for hydroxylation is 1. The van der Waals surface area contributed by atoms with Gasteiger partial charge in [0.05, 0.1) is 19.1 Å². The maximum atomic E-state index is 12.7. The Labute approximate surface area is 143 Å². The van der Waals surface area contributed by atoms with Gasteiger partial charge in [-0.3, -0.25) is 19.4 Å². The molecule has 3 aliphatic rings. The van der Waals surface area contributed by atoms with E-state index in [1.54, 1.807) is 9.80 Å². The first-order valence-corrected chi connectivity index (χ1v) is 8.55. The maximum absolute atomic E-state index is 12.7. The fraction of sp³-hybridized carbons (Fsp3) is 0.625. The van der Waals surface area contributed by atoms with Crippen molar-refractivity contribution < 1.29 is 14.3 Å². The van der Waals surface area contributed by atoms with E-state index >= 15 is 0 Å². The van der Waals surface area contributed by atoms with Gasteiger partial charge in [0.15, 0.2) is 5.72 Å². The molecule has 4 heterocycles. The number of H-pyrrole nitrogens is 1. The summed E-state index contributed by atoms with van der Waals surface area (Å²) in [6.07, 6.45) is 3.26. The van der Waals surface area contributed by atoms with Crippen molar-refractivity contribution in [1.82, 2.24) is 19.4 Å². The third kappa shape index (κ3) is 2.50. The Bertz CT molecular complexity index is 830. The number of likely N-dealkylation sites (tertiary alicyclic amines) is 1. The summed E-state index contributed by atoms with van der Waals surface area (Å²) in [5.41, 5.74) is -1.65. The van der Waals surface area contributed by atoms with Crippen LogP contribution in [-0.2, 0) is 20.9 Å². The molecule has 25 heavy (non-hydrogen) atoms. The molecule has 0 bridgehead atoms. The topological polar surface area (TPSA) is 105 Å². The molecule has 9 heteroatoms. The van der Waals surface area contributed by atoms with Gasteiger partial charge in [-0.25, -0.2) is 4.79 Å². The van der Waals surface area contributed by atoms with Crippen LogP contribution >= 0.6 is 0 Å².